The number of thiocarbonyl (C=S) groups is 1. The number of oxazole rings is 1. The number of halogens is 1. The Kier molecular flexibility index (Phi) is 5.49. The van der Waals surface area contributed by atoms with Crippen molar-refractivity contribution in [1.29, 1.82) is 0 Å². The molecule has 166 valence electrons. The molecule has 10 heteroatoms. The number of ether oxygens (including phenoxy) is 3. The zero-order valence-electron chi connectivity index (χ0n) is 17.2. The van der Waals surface area contributed by atoms with Gasteiger partial charge in [0.05, 0.1) is 12.1 Å². The molecular formula is C23H16ClN3O5S. The maximum atomic E-state index is 12.5. The first-order valence-electron chi connectivity index (χ1n) is 9.76. The molecule has 33 heavy (non-hydrogen) atoms. The van der Waals surface area contributed by atoms with Crippen molar-refractivity contribution in [2.75, 3.05) is 19.2 Å². The fourth-order valence-electron chi connectivity index (χ4n) is 3.30. The number of nitrogens with zero attached hydrogens (tertiary/aromatic N) is 1. The van der Waals surface area contributed by atoms with Gasteiger partial charge < -0.3 is 23.9 Å². The van der Waals surface area contributed by atoms with Crippen LogP contribution in [0.3, 0.4) is 0 Å². The summed E-state index contributed by atoms with van der Waals surface area (Å²) in [5.74, 6) is 1.74. The molecule has 1 aromatic heterocycles. The number of methoxy groups -OCH3 is 1. The lowest BCUT2D eigenvalue weighted by molar-refractivity contribution is 0.0977. The van der Waals surface area contributed by atoms with Crippen molar-refractivity contribution in [3.8, 4) is 28.7 Å². The van der Waals surface area contributed by atoms with Crippen LogP contribution in [-0.4, -0.2) is 29.9 Å². The fraction of sp³-hybridized carbons (Fsp3) is 0.0870. The first-order valence-corrected chi connectivity index (χ1v) is 10.6. The molecule has 1 aliphatic heterocycles. The van der Waals surface area contributed by atoms with Crippen LogP contribution in [-0.2, 0) is 0 Å². The number of amides is 1. The molecule has 8 nitrogen and oxygen atoms in total. The highest BCUT2D eigenvalue weighted by molar-refractivity contribution is 7.80. The number of nitrogens with one attached hydrogen (secondary N) is 2. The highest BCUT2D eigenvalue weighted by Gasteiger charge is 2.17. The minimum absolute atomic E-state index is 0.137. The van der Waals surface area contributed by atoms with Crippen molar-refractivity contribution in [3.05, 3.63) is 65.2 Å². The third kappa shape index (κ3) is 4.28. The van der Waals surface area contributed by atoms with Gasteiger partial charge in [0.2, 0.25) is 12.7 Å². The maximum absolute atomic E-state index is 12.5. The van der Waals surface area contributed by atoms with Crippen LogP contribution in [0.2, 0.25) is 5.02 Å². The molecule has 1 aliphatic rings. The van der Waals surface area contributed by atoms with Crippen LogP contribution in [0, 0.1) is 0 Å². The van der Waals surface area contributed by atoms with Crippen LogP contribution in [0.15, 0.2) is 59.0 Å². The van der Waals surface area contributed by atoms with E-state index in [0.29, 0.717) is 50.5 Å². The van der Waals surface area contributed by atoms with E-state index in [9.17, 15) is 4.79 Å². The molecule has 3 aromatic carbocycles. The van der Waals surface area contributed by atoms with Crippen molar-refractivity contribution >= 4 is 51.6 Å². The second kappa shape index (κ2) is 8.61. The minimum atomic E-state index is -0.369. The molecule has 0 atom stereocenters. The van der Waals surface area contributed by atoms with Gasteiger partial charge in [0.15, 0.2) is 22.2 Å². The molecule has 0 aliphatic carbocycles. The average molecular weight is 482 g/mol. The zero-order chi connectivity index (χ0) is 22.9. The van der Waals surface area contributed by atoms with Gasteiger partial charge >= 0.3 is 0 Å². The lowest BCUT2D eigenvalue weighted by Gasteiger charge is -2.09. The number of carbonyl (C=O) groups excluding carboxylic acids is 1. The summed E-state index contributed by atoms with van der Waals surface area (Å²) in [6, 6.07) is 15.5. The Morgan fingerprint density at radius 2 is 1.94 bits per heavy atom. The number of aromatic nitrogens is 1. The van der Waals surface area contributed by atoms with Crippen LogP contribution in [0.4, 0.5) is 5.69 Å². The third-order valence-corrected chi connectivity index (χ3v) is 5.41. The fourth-order valence-corrected chi connectivity index (χ4v) is 3.77. The van der Waals surface area contributed by atoms with E-state index >= 15 is 0 Å². The summed E-state index contributed by atoms with van der Waals surface area (Å²) in [5.41, 5.74) is 2.98. The number of benzene rings is 3. The monoisotopic (exact) mass is 481 g/mol. The quantitative estimate of drug-likeness (QED) is 0.393. The van der Waals surface area contributed by atoms with Crippen molar-refractivity contribution in [2.24, 2.45) is 0 Å². The predicted molar refractivity (Wildman–Crippen MR) is 127 cm³/mol. The van der Waals surface area contributed by atoms with Gasteiger partial charge in [-0.15, -0.1) is 0 Å². The van der Waals surface area contributed by atoms with Gasteiger partial charge in [0.1, 0.15) is 11.3 Å². The van der Waals surface area contributed by atoms with Crippen LogP contribution in [0.5, 0.6) is 17.2 Å². The molecule has 0 bridgehead atoms. The minimum Gasteiger partial charge on any atom is -0.495 e. The Labute approximate surface area is 198 Å². The van der Waals surface area contributed by atoms with E-state index in [1.165, 1.54) is 0 Å². The first kappa shape index (κ1) is 21.0. The highest BCUT2D eigenvalue weighted by atomic mass is 35.5. The van der Waals surface area contributed by atoms with E-state index in [4.69, 9.17) is 42.4 Å². The van der Waals surface area contributed by atoms with Gasteiger partial charge in [0.25, 0.3) is 5.91 Å². The number of rotatable bonds is 4. The van der Waals surface area contributed by atoms with Gasteiger partial charge in [0, 0.05) is 16.8 Å². The predicted octanol–water partition coefficient (Wildman–Crippen LogP) is 5.01. The Morgan fingerprint density at radius 1 is 1.09 bits per heavy atom. The molecular weight excluding hydrogens is 466 g/mol. The Hall–Kier alpha value is -3.82. The largest absolute Gasteiger partial charge is 0.495 e. The van der Waals surface area contributed by atoms with E-state index < -0.39 is 0 Å². The topological polar surface area (TPSA) is 94.9 Å². The summed E-state index contributed by atoms with van der Waals surface area (Å²) in [7, 11) is 1.55. The van der Waals surface area contributed by atoms with Crippen molar-refractivity contribution in [3.63, 3.8) is 0 Å². The van der Waals surface area contributed by atoms with Crippen LogP contribution < -0.4 is 24.8 Å². The Balaban J connectivity index is 1.29. The molecule has 0 radical (unpaired) electrons. The first-order chi connectivity index (χ1) is 16.0. The number of fused-ring (bicyclic) bond motifs is 2. The van der Waals surface area contributed by atoms with Gasteiger partial charge in [-0.25, -0.2) is 4.98 Å². The number of hydrogen-bond donors (Lipinski definition) is 2. The molecule has 4 aromatic rings. The summed E-state index contributed by atoms with van der Waals surface area (Å²) in [4.78, 5) is 17.0. The third-order valence-electron chi connectivity index (χ3n) is 4.91. The van der Waals surface area contributed by atoms with Gasteiger partial charge in [-0.05, 0) is 66.8 Å². The second-order valence-electron chi connectivity index (χ2n) is 7.03. The second-order valence-corrected chi connectivity index (χ2v) is 7.84. The molecule has 0 spiro atoms. The van der Waals surface area contributed by atoms with E-state index in [0.717, 1.165) is 5.56 Å². The van der Waals surface area contributed by atoms with Crippen molar-refractivity contribution in [2.45, 2.75) is 0 Å². The summed E-state index contributed by atoms with van der Waals surface area (Å²) in [6.45, 7) is 0.137. The number of carbonyl (C=O) groups is 1. The lowest BCUT2D eigenvalue weighted by atomic mass is 10.2. The van der Waals surface area contributed by atoms with E-state index in [1.807, 2.05) is 6.07 Å². The van der Waals surface area contributed by atoms with Crippen LogP contribution >= 0.6 is 23.8 Å². The number of hydrogen-bond acceptors (Lipinski definition) is 7. The smallest absolute Gasteiger partial charge is 0.257 e. The van der Waals surface area contributed by atoms with Gasteiger partial charge in [-0.3, -0.25) is 10.1 Å². The Bertz CT molecular complexity index is 1400. The SMILES string of the molecule is COc1ccc(-c2nc3cc(NC(=S)NC(=O)c4ccc5c(c4)OCO5)ccc3o2)cc1Cl. The molecule has 0 saturated carbocycles. The van der Waals surface area contributed by atoms with Crippen molar-refractivity contribution in [1.82, 2.24) is 10.3 Å². The van der Waals surface area contributed by atoms with Crippen LogP contribution in [0.25, 0.3) is 22.6 Å². The maximum Gasteiger partial charge on any atom is 0.257 e. The van der Waals surface area contributed by atoms with E-state index in [2.05, 4.69) is 15.6 Å². The summed E-state index contributed by atoms with van der Waals surface area (Å²) in [5, 5.41) is 6.23. The molecule has 1 amide bonds. The van der Waals surface area contributed by atoms with Gasteiger partial charge in [-0.2, -0.15) is 0 Å². The molecule has 2 heterocycles. The summed E-state index contributed by atoms with van der Waals surface area (Å²) >= 11 is 11.5. The normalized spacial score (nSPS) is 11.9. The molecule has 2 N–H and O–H groups in total. The van der Waals surface area contributed by atoms with Crippen molar-refractivity contribution < 1.29 is 23.4 Å². The molecule has 0 saturated heterocycles. The molecule has 0 fully saturated rings. The number of anilines is 1. The lowest BCUT2D eigenvalue weighted by Crippen LogP contribution is -2.34. The van der Waals surface area contributed by atoms with Gasteiger partial charge in [-0.1, -0.05) is 11.6 Å². The van der Waals surface area contributed by atoms with E-state index in [1.54, 1.807) is 55.6 Å². The van der Waals surface area contributed by atoms with E-state index in [-0.39, 0.29) is 17.8 Å². The zero-order valence-corrected chi connectivity index (χ0v) is 18.8. The summed E-state index contributed by atoms with van der Waals surface area (Å²) in [6.07, 6.45) is 0. The summed E-state index contributed by atoms with van der Waals surface area (Å²) < 4.78 is 21.6. The molecule has 0 unspecified atom stereocenters. The Morgan fingerprint density at radius 3 is 2.76 bits per heavy atom. The average Bonchev–Trinajstić information content (AvgIpc) is 3.45. The molecule has 5 rings (SSSR count). The van der Waals surface area contributed by atoms with Crippen LogP contribution in [0.1, 0.15) is 10.4 Å². The highest BCUT2D eigenvalue weighted by Crippen LogP contribution is 2.33. The standard InChI is InChI=1S/C23H16ClN3O5S/c1-29-17-5-3-13(8-15(17)24)22-26-16-10-14(4-7-18(16)32-22)25-23(33)27-21(28)12-2-6-19-20(9-12)31-11-30-19/h2-10H,11H2,1H3,(H2,25,27,28,33).